The molecule has 1 aliphatic heterocycles. The van der Waals surface area contributed by atoms with Gasteiger partial charge in [-0.15, -0.1) is 0 Å². The van der Waals surface area contributed by atoms with Crippen molar-refractivity contribution in [3.05, 3.63) is 97.3 Å². The molecule has 1 aliphatic rings. The van der Waals surface area contributed by atoms with Crippen molar-refractivity contribution in [2.75, 3.05) is 18.1 Å². The van der Waals surface area contributed by atoms with Crippen LogP contribution in [0.2, 0.25) is 0 Å². The van der Waals surface area contributed by atoms with Gasteiger partial charge in [0.15, 0.2) is 16.9 Å². The maximum Gasteiger partial charge on any atom is 0.295 e. The number of hydrogen-bond acceptors (Lipinski definition) is 5. The molecule has 0 spiro atoms. The van der Waals surface area contributed by atoms with Gasteiger partial charge in [-0.1, -0.05) is 35.3 Å². The van der Waals surface area contributed by atoms with Gasteiger partial charge in [0.2, 0.25) is 5.76 Å². The van der Waals surface area contributed by atoms with E-state index in [-0.39, 0.29) is 17.1 Å². The van der Waals surface area contributed by atoms with Gasteiger partial charge >= 0.3 is 0 Å². The van der Waals surface area contributed by atoms with Gasteiger partial charge in [0, 0.05) is 10.2 Å². The highest BCUT2D eigenvalue weighted by Gasteiger charge is 2.44. The Balaban J connectivity index is 1.73. The summed E-state index contributed by atoms with van der Waals surface area (Å²) in [7, 11) is 0. The number of rotatable bonds is 8. The predicted molar refractivity (Wildman–Crippen MR) is 153 cm³/mol. The lowest BCUT2D eigenvalue weighted by Crippen LogP contribution is -2.29. The van der Waals surface area contributed by atoms with Gasteiger partial charge in [-0.05, 0) is 92.4 Å². The third kappa shape index (κ3) is 4.60. The Bertz CT molecular complexity index is 1570. The van der Waals surface area contributed by atoms with E-state index in [1.165, 1.54) is 0 Å². The molecule has 0 bridgehead atoms. The Labute approximate surface area is 230 Å². The number of amides is 1. The van der Waals surface area contributed by atoms with Gasteiger partial charge in [0.1, 0.15) is 5.58 Å². The molecule has 0 saturated carbocycles. The summed E-state index contributed by atoms with van der Waals surface area (Å²) in [4.78, 5) is 29.5. The smallest absolute Gasteiger partial charge is 0.295 e. The van der Waals surface area contributed by atoms with Crippen molar-refractivity contribution in [2.24, 2.45) is 0 Å². The summed E-state index contributed by atoms with van der Waals surface area (Å²) in [6.07, 6.45) is 1.95. The van der Waals surface area contributed by atoms with Crippen LogP contribution in [-0.4, -0.2) is 19.1 Å². The van der Waals surface area contributed by atoms with Crippen molar-refractivity contribution in [2.45, 2.75) is 46.6 Å². The largest absolute Gasteiger partial charge is 0.490 e. The fourth-order valence-electron chi connectivity index (χ4n) is 4.82. The normalized spacial score (nSPS) is 14.7. The minimum Gasteiger partial charge on any atom is -0.490 e. The molecule has 0 N–H and O–H groups in total. The molecule has 0 aliphatic carbocycles. The number of unbranched alkanes of at least 4 members (excludes halogenated alkanes) is 1. The highest BCUT2D eigenvalue weighted by Crippen LogP contribution is 2.43. The molecule has 2 heterocycles. The summed E-state index contributed by atoms with van der Waals surface area (Å²) in [5.74, 6) is 0.931. The fourth-order valence-corrected chi connectivity index (χ4v) is 5.08. The first-order valence-electron chi connectivity index (χ1n) is 12.9. The Kier molecular flexibility index (Phi) is 7.30. The molecule has 4 aromatic rings. The molecule has 1 atom stereocenters. The molecule has 3 aromatic carbocycles. The maximum absolute atomic E-state index is 14.0. The molecule has 1 amide bonds. The van der Waals surface area contributed by atoms with Crippen LogP contribution in [0.1, 0.15) is 65.5 Å². The van der Waals surface area contributed by atoms with Gasteiger partial charge in [-0.3, -0.25) is 14.5 Å². The topological polar surface area (TPSA) is 69.0 Å². The van der Waals surface area contributed by atoms with Crippen molar-refractivity contribution < 1.29 is 18.7 Å². The zero-order valence-electron chi connectivity index (χ0n) is 22.0. The number of nitrogens with zero attached hydrogens (tertiary/aromatic N) is 1. The van der Waals surface area contributed by atoms with Gasteiger partial charge < -0.3 is 13.9 Å². The van der Waals surface area contributed by atoms with E-state index in [2.05, 4.69) is 22.9 Å². The first kappa shape index (κ1) is 26.0. The molecule has 6 nitrogen and oxygen atoms in total. The highest BCUT2D eigenvalue weighted by atomic mass is 79.9. The Hall–Kier alpha value is -3.58. The average Bonchev–Trinajstić information content (AvgIpc) is 3.19. The summed E-state index contributed by atoms with van der Waals surface area (Å²) < 4.78 is 19.0. The first-order chi connectivity index (χ1) is 18.3. The van der Waals surface area contributed by atoms with Gasteiger partial charge in [0.25, 0.3) is 5.91 Å². The van der Waals surface area contributed by atoms with Gasteiger partial charge in [-0.2, -0.15) is 0 Å². The van der Waals surface area contributed by atoms with Crippen LogP contribution in [0.15, 0.2) is 68.3 Å². The van der Waals surface area contributed by atoms with Crippen LogP contribution in [-0.2, 0) is 0 Å². The van der Waals surface area contributed by atoms with Crippen LogP contribution in [0.4, 0.5) is 5.69 Å². The number of hydrogen-bond donors (Lipinski definition) is 0. The Morgan fingerprint density at radius 2 is 1.66 bits per heavy atom. The predicted octanol–water partition coefficient (Wildman–Crippen LogP) is 7.50. The Morgan fingerprint density at radius 3 is 2.37 bits per heavy atom. The number of carbonyl (C=O) groups excluding carboxylic acids is 1. The molecule has 38 heavy (non-hydrogen) atoms. The van der Waals surface area contributed by atoms with Crippen molar-refractivity contribution in [1.29, 1.82) is 0 Å². The summed E-state index contributed by atoms with van der Waals surface area (Å²) in [5, 5.41) is 0.465. The van der Waals surface area contributed by atoms with Crippen molar-refractivity contribution in [1.82, 2.24) is 0 Å². The monoisotopic (exact) mass is 575 g/mol. The molecular formula is C31H30BrNO5. The zero-order valence-corrected chi connectivity index (χ0v) is 23.6. The molecule has 1 aromatic heterocycles. The lowest BCUT2D eigenvalue weighted by atomic mass is 9.97. The fraction of sp³-hybridized carbons (Fsp3) is 0.290. The lowest BCUT2D eigenvalue weighted by Gasteiger charge is -2.26. The van der Waals surface area contributed by atoms with E-state index >= 15 is 0 Å². The molecule has 1 unspecified atom stereocenters. The standard InChI is InChI=1S/C31H30BrNO5/c1-5-7-14-37-24-13-8-20(17-26(24)36-6-2)28-27-29(34)23-15-18(3)19(4)16-25(23)38-30(27)31(35)33(28)22-11-9-21(32)10-12-22/h8-13,15-17,28H,5-7,14H2,1-4H3. The van der Waals surface area contributed by atoms with Crippen LogP contribution in [0, 0.1) is 13.8 Å². The number of ether oxygens (including phenoxy) is 2. The zero-order chi connectivity index (χ0) is 27.0. The van der Waals surface area contributed by atoms with E-state index in [0.717, 1.165) is 34.0 Å². The van der Waals surface area contributed by atoms with Gasteiger partial charge in [-0.25, -0.2) is 0 Å². The van der Waals surface area contributed by atoms with Crippen LogP contribution < -0.4 is 19.8 Å². The molecule has 196 valence electrons. The van der Waals surface area contributed by atoms with Crippen molar-refractivity contribution in [3.63, 3.8) is 0 Å². The van der Waals surface area contributed by atoms with E-state index in [9.17, 15) is 9.59 Å². The van der Waals surface area contributed by atoms with Crippen LogP contribution in [0.5, 0.6) is 11.5 Å². The number of aryl methyl sites for hydroxylation is 2. The third-order valence-corrected chi connectivity index (χ3v) is 7.46. The van der Waals surface area contributed by atoms with Crippen LogP contribution in [0.25, 0.3) is 11.0 Å². The second kappa shape index (κ2) is 10.7. The number of halogens is 1. The number of carbonyl (C=O) groups is 1. The summed E-state index contributed by atoms with van der Waals surface area (Å²) in [5.41, 5.74) is 3.92. The highest BCUT2D eigenvalue weighted by molar-refractivity contribution is 9.10. The number of anilines is 1. The van der Waals surface area contributed by atoms with Gasteiger partial charge in [0.05, 0.1) is 30.2 Å². The van der Waals surface area contributed by atoms with E-state index in [1.54, 1.807) is 4.90 Å². The minimum atomic E-state index is -0.690. The van der Waals surface area contributed by atoms with E-state index in [4.69, 9.17) is 13.9 Å². The number of fused-ring (bicyclic) bond motifs is 2. The third-order valence-electron chi connectivity index (χ3n) is 6.93. The van der Waals surface area contributed by atoms with Crippen molar-refractivity contribution >= 4 is 38.5 Å². The first-order valence-corrected chi connectivity index (χ1v) is 13.7. The molecule has 7 heteroatoms. The SMILES string of the molecule is CCCCOc1ccc(C2c3c(oc4cc(C)c(C)cc4c3=O)C(=O)N2c2ccc(Br)cc2)cc1OCC. The number of benzene rings is 3. The lowest BCUT2D eigenvalue weighted by molar-refractivity contribution is 0.0971. The molecule has 0 fully saturated rings. The average molecular weight is 576 g/mol. The van der Waals surface area contributed by atoms with E-state index in [0.29, 0.717) is 46.9 Å². The second-order valence-electron chi connectivity index (χ2n) is 9.50. The summed E-state index contributed by atoms with van der Waals surface area (Å²) >= 11 is 3.47. The summed E-state index contributed by atoms with van der Waals surface area (Å²) in [6.45, 7) is 8.98. The minimum absolute atomic E-state index is 0.0694. The second-order valence-corrected chi connectivity index (χ2v) is 10.4. The van der Waals surface area contributed by atoms with Crippen molar-refractivity contribution in [3.8, 4) is 11.5 Å². The van der Waals surface area contributed by atoms with E-state index in [1.807, 2.05) is 75.4 Å². The molecular weight excluding hydrogens is 546 g/mol. The van der Waals surface area contributed by atoms with Crippen LogP contribution >= 0.6 is 15.9 Å². The molecule has 5 rings (SSSR count). The Morgan fingerprint density at radius 1 is 0.921 bits per heavy atom. The quantitative estimate of drug-likeness (QED) is 0.203. The maximum atomic E-state index is 14.0. The van der Waals surface area contributed by atoms with Crippen LogP contribution in [0.3, 0.4) is 0 Å². The summed E-state index contributed by atoms with van der Waals surface area (Å²) in [6, 6.07) is 16.0. The van der Waals surface area contributed by atoms with E-state index < -0.39 is 6.04 Å². The molecule has 0 radical (unpaired) electrons. The molecule has 0 saturated heterocycles.